The Morgan fingerprint density at radius 2 is 1.93 bits per heavy atom. The molecule has 0 radical (unpaired) electrons. The van der Waals surface area contributed by atoms with Crippen LogP contribution in [0.5, 0.6) is 0 Å². The van der Waals surface area contributed by atoms with Gasteiger partial charge in [0.1, 0.15) is 5.78 Å². The van der Waals surface area contributed by atoms with Gasteiger partial charge >= 0.3 is 0 Å². The van der Waals surface area contributed by atoms with Crippen LogP contribution in [0.2, 0.25) is 0 Å². The number of carbonyl (C=O) groups is 2. The maximum Gasteiger partial charge on any atom is 0.224 e. The van der Waals surface area contributed by atoms with Gasteiger partial charge in [0.2, 0.25) is 5.91 Å². The Balaban J connectivity index is 3.84. The molecule has 4 nitrogen and oxygen atoms in total. The molecule has 1 unspecified atom stereocenters. The van der Waals surface area contributed by atoms with E-state index < -0.39 is 0 Å². The molecule has 0 rings (SSSR count). The zero-order valence-electron chi connectivity index (χ0n) is 9.22. The van der Waals surface area contributed by atoms with E-state index >= 15 is 0 Å². The molecule has 0 bridgehead atoms. The Bertz CT molecular complexity index is 193. The number of amides is 1. The summed E-state index contributed by atoms with van der Waals surface area (Å²) in [4.78, 5) is 22.0. The summed E-state index contributed by atoms with van der Waals surface area (Å²) in [5, 5.41) is 5.60. The van der Waals surface area contributed by atoms with E-state index in [4.69, 9.17) is 0 Å². The van der Waals surface area contributed by atoms with E-state index in [-0.39, 0.29) is 17.6 Å². The van der Waals surface area contributed by atoms with Crippen LogP contribution < -0.4 is 10.6 Å². The zero-order chi connectivity index (χ0) is 11.0. The summed E-state index contributed by atoms with van der Waals surface area (Å²) in [6, 6.07) is 0. The lowest BCUT2D eigenvalue weighted by Gasteiger charge is -2.14. The summed E-state index contributed by atoms with van der Waals surface area (Å²) >= 11 is 0. The van der Waals surface area contributed by atoms with Gasteiger partial charge in [-0.1, -0.05) is 0 Å². The molecule has 0 fully saturated rings. The van der Waals surface area contributed by atoms with E-state index in [1.54, 1.807) is 14.0 Å². The van der Waals surface area contributed by atoms with Crippen LogP contribution in [0.4, 0.5) is 0 Å². The van der Waals surface area contributed by atoms with Crippen molar-refractivity contribution in [2.75, 3.05) is 20.6 Å². The van der Waals surface area contributed by atoms with Gasteiger partial charge in [0, 0.05) is 20.0 Å². The molecular formula is C10H20N2O2. The van der Waals surface area contributed by atoms with Crippen LogP contribution in [-0.2, 0) is 9.59 Å². The fourth-order valence-corrected chi connectivity index (χ4v) is 1.37. The molecule has 1 atom stereocenters. The molecule has 0 aliphatic rings. The predicted octanol–water partition coefficient (Wildman–Crippen LogP) is 0.327. The minimum Gasteiger partial charge on any atom is -0.359 e. The maximum absolute atomic E-state index is 11.3. The molecule has 0 saturated carbocycles. The molecule has 2 N–H and O–H groups in total. The van der Waals surface area contributed by atoms with Crippen molar-refractivity contribution >= 4 is 11.7 Å². The number of hydrogen-bond donors (Lipinski definition) is 2. The molecule has 4 heteroatoms. The standard InChI is InChI=1S/C10H20N2O2/c1-8(13)5-4-6-9(7-11-2)10(14)12-3/h9,11H,4-7H2,1-3H3,(H,12,14). The third-order valence-electron chi connectivity index (χ3n) is 2.15. The number of hydrogen-bond acceptors (Lipinski definition) is 3. The van der Waals surface area contributed by atoms with E-state index in [2.05, 4.69) is 10.6 Å². The van der Waals surface area contributed by atoms with Crippen molar-refractivity contribution in [1.29, 1.82) is 0 Å². The average molecular weight is 200 g/mol. The topological polar surface area (TPSA) is 58.2 Å². The van der Waals surface area contributed by atoms with Crippen molar-refractivity contribution < 1.29 is 9.59 Å². The van der Waals surface area contributed by atoms with Crippen molar-refractivity contribution in [2.45, 2.75) is 26.2 Å². The van der Waals surface area contributed by atoms with Crippen molar-refractivity contribution in [3.63, 3.8) is 0 Å². The lowest BCUT2D eigenvalue weighted by molar-refractivity contribution is -0.125. The molecule has 82 valence electrons. The minimum absolute atomic E-state index is 0.0238. The minimum atomic E-state index is -0.0238. The Morgan fingerprint density at radius 3 is 2.36 bits per heavy atom. The fraction of sp³-hybridized carbons (Fsp3) is 0.800. The first kappa shape index (κ1) is 13.1. The summed E-state index contributed by atoms with van der Waals surface area (Å²) < 4.78 is 0. The Morgan fingerprint density at radius 1 is 1.29 bits per heavy atom. The highest BCUT2D eigenvalue weighted by molar-refractivity contribution is 5.78. The molecule has 0 heterocycles. The van der Waals surface area contributed by atoms with E-state index in [1.807, 2.05) is 7.05 Å². The molecule has 0 aliphatic carbocycles. The largest absolute Gasteiger partial charge is 0.359 e. The van der Waals surface area contributed by atoms with E-state index in [1.165, 1.54) is 0 Å². The smallest absolute Gasteiger partial charge is 0.224 e. The quantitative estimate of drug-likeness (QED) is 0.622. The number of Topliss-reactive ketones (excluding diaryl/α,β-unsaturated/α-hetero) is 1. The van der Waals surface area contributed by atoms with Crippen molar-refractivity contribution in [3.8, 4) is 0 Å². The highest BCUT2D eigenvalue weighted by Gasteiger charge is 2.15. The van der Waals surface area contributed by atoms with Gasteiger partial charge < -0.3 is 15.4 Å². The molecule has 0 saturated heterocycles. The second kappa shape index (κ2) is 7.50. The highest BCUT2D eigenvalue weighted by Crippen LogP contribution is 2.08. The summed E-state index contributed by atoms with van der Waals surface area (Å²) in [7, 11) is 3.46. The summed E-state index contributed by atoms with van der Waals surface area (Å²) in [5.41, 5.74) is 0. The third-order valence-corrected chi connectivity index (χ3v) is 2.15. The highest BCUT2D eigenvalue weighted by atomic mass is 16.1. The van der Waals surface area contributed by atoms with Crippen LogP contribution in [0.15, 0.2) is 0 Å². The first-order valence-electron chi connectivity index (χ1n) is 4.97. The van der Waals surface area contributed by atoms with E-state index in [9.17, 15) is 9.59 Å². The molecule has 1 amide bonds. The summed E-state index contributed by atoms with van der Waals surface area (Å²) in [6.45, 7) is 2.24. The van der Waals surface area contributed by atoms with Gasteiger partial charge in [0.05, 0.1) is 5.92 Å². The van der Waals surface area contributed by atoms with Gasteiger partial charge in [-0.2, -0.15) is 0 Å². The van der Waals surface area contributed by atoms with Gasteiger partial charge in [-0.15, -0.1) is 0 Å². The van der Waals surface area contributed by atoms with Crippen LogP contribution >= 0.6 is 0 Å². The van der Waals surface area contributed by atoms with Crippen LogP contribution in [0.1, 0.15) is 26.2 Å². The van der Waals surface area contributed by atoms with Crippen molar-refractivity contribution in [2.24, 2.45) is 5.92 Å². The molecule has 0 aromatic carbocycles. The SMILES string of the molecule is CNCC(CCCC(C)=O)C(=O)NC. The lowest BCUT2D eigenvalue weighted by atomic mass is 10.0. The summed E-state index contributed by atoms with van der Waals surface area (Å²) in [5.74, 6) is 0.206. The summed E-state index contributed by atoms with van der Waals surface area (Å²) in [6.07, 6.45) is 2.12. The van der Waals surface area contributed by atoms with E-state index in [0.29, 0.717) is 13.0 Å². The predicted molar refractivity (Wildman–Crippen MR) is 56.0 cm³/mol. The van der Waals surface area contributed by atoms with Crippen LogP contribution in [0, 0.1) is 5.92 Å². The third kappa shape index (κ3) is 5.70. The second-order valence-corrected chi connectivity index (χ2v) is 3.46. The monoisotopic (exact) mass is 200 g/mol. The van der Waals surface area contributed by atoms with Gasteiger partial charge in [-0.05, 0) is 26.8 Å². The fourth-order valence-electron chi connectivity index (χ4n) is 1.37. The molecule has 0 aromatic rings. The van der Waals surface area contributed by atoms with Gasteiger partial charge in [-0.25, -0.2) is 0 Å². The molecule has 0 spiro atoms. The Kier molecular flexibility index (Phi) is 7.02. The Labute approximate surface area is 85.4 Å². The van der Waals surface area contributed by atoms with Gasteiger partial charge in [-0.3, -0.25) is 4.79 Å². The van der Waals surface area contributed by atoms with Gasteiger partial charge in [0.25, 0.3) is 0 Å². The normalized spacial score (nSPS) is 12.2. The molecule has 0 aromatic heterocycles. The molecular weight excluding hydrogens is 180 g/mol. The lowest BCUT2D eigenvalue weighted by Crippen LogP contribution is -2.33. The second-order valence-electron chi connectivity index (χ2n) is 3.46. The Hall–Kier alpha value is -0.900. The first-order valence-corrected chi connectivity index (χ1v) is 4.97. The first-order chi connectivity index (χ1) is 6.61. The van der Waals surface area contributed by atoms with Crippen molar-refractivity contribution in [3.05, 3.63) is 0 Å². The number of rotatable bonds is 7. The number of nitrogens with one attached hydrogen (secondary N) is 2. The van der Waals surface area contributed by atoms with Gasteiger partial charge in [0.15, 0.2) is 0 Å². The van der Waals surface area contributed by atoms with E-state index in [0.717, 1.165) is 12.8 Å². The average Bonchev–Trinajstić information content (AvgIpc) is 2.15. The molecule has 14 heavy (non-hydrogen) atoms. The van der Waals surface area contributed by atoms with Crippen LogP contribution in [0.3, 0.4) is 0 Å². The zero-order valence-corrected chi connectivity index (χ0v) is 9.22. The maximum atomic E-state index is 11.3. The van der Waals surface area contributed by atoms with Crippen molar-refractivity contribution in [1.82, 2.24) is 10.6 Å². The van der Waals surface area contributed by atoms with Crippen LogP contribution in [-0.4, -0.2) is 32.3 Å². The molecule has 0 aliphatic heterocycles. The number of ketones is 1. The van der Waals surface area contributed by atoms with Crippen LogP contribution in [0.25, 0.3) is 0 Å². The number of carbonyl (C=O) groups excluding carboxylic acids is 2.